The normalized spacial score (nSPS) is 11.4. The van der Waals surface area contributed by atoms with Gasteiger partial charge in [0.2, 0.25) is 0 Å². The highest BCUT2D eigenvalue weighted by Gasteiger charge is 2.19. The lowest BCUT2D eigenvalue weighted by Gasteiger charge is -2.19. The minimum atomic E-state index is -0.584. The highest BCUT2D eigenvalue weighted by molar-refractivity contribution is 6.06. The Hall–Kier alpha value is -4.14. The lowest BCUT2D eigenvalue weighted by atomic mass is 10.1. The molecule has 9 heteroatoms. The molecular formula is C25H27N5O4. The van der Waals surface area contributed by atoms with Crippen LogP contribution in [0, 0.1) is 0 Å². The molecule has 9 nitrogen and oxygen atoms in total. The molecule has 3 aromatic heterocycles. The summed E-state index contributed by atoms with van der Waals surface area (Å²) in [5, 5.41) is 10.6. The molecule has 0 atom stereocenters. The Bertz CT molecular complexity index is 1270. The van der Waals surface area contributed by atoms with Crippen molar-refractivity contribution >= 4 is 23.0 Å². The summed E-state index contributed by atoms with van der Waals surface area (Å²) in [5.74, 6) is 0.448. The number of rotatable bonds is 7. The molecule has 0 spiro atoms. The van der Waals surface area contributed by atoms with E-state index in [0.29, 0.717) is 28.8 Å². The largest absolute Gasteiger partial charge is 0.467 e. The number of pyridine rings is 1. The highest BCUT2D eigenvalue weighted by atomic mass is 16.6. The third kappa shape index (κ3) is 5.61. The summed E-state index contributed by atoms with van der Waals surface area (Å²) < 4.78 is 12.4. The minimum Gasteiger partial charge on any atom is -0.467 e. The number of carbonyl (C=O) groups is 2. The number of hydrogen-bond acceptors (Lipinski definition) is 6. The monoisotopic (exact) mass is 461 g/mol. The third-order valence-electron chi connectivity index (χ3n) is 4.89. The molecule has 4 aromatic rings. The van der Waals surface area contributed by atoms with Gasteiger partial charge in [-0.2, -0.15) is 5.10 Å². The molecule has 1 aromatic carbocycles. The molecule has 0 aliphatic heterocycles. The first-order valence-electron chi connectivity index (χ1n) is 11.0. The number of carbonyl (C=O) groups excluding carboxylic acids is 2. The fraction of sp³-hybridized carbons (Fsp3) is 0.280. The average Bonchev–Trinajstić information content (AvgIpc) is 3.46. The van der Waals surface area contributed by atoms with E-state index in [9.17, 15) is 9.59 Å². The van der Waals surface area contributed by atoms with Crippen LogP contribution in [0.4, 0.5) is 4.79 Å². The fourth-order valence-corrected chi connectivity index (χ4v) is 3.41. The number of nitrogens with zero attached hydrogens (tertiary/aromatic N) is 3. The SMILES string of the molecule is CC(C)(C)OC(=O)NCCNC(=O)c1cc(-c2ccccc2)nc2c1cnn2Cc1ccco1. The zero-order chi connectivity index (χ0) is 24.1. The molecule has 176 valence electrons. The van der Waals surface area contributed by atoms with Crippen molar-refractivity contribution in [2.45, 2.75) is 32.9 Å². The van der Waals surface area contributed by atoms with E-state index in [2.05, 4.69) is 15.7 Å². The standard InChI is InChI=1S/C25H27N5O4/c1-25(2,3)34-24(32)27-12-11-26-23(31)19-14-21(17-8-5-4-6-9-17)29-22-20(19)15-28-30(22)16-18-10-7-13-33-18/h4-10,13-15H,11-12,16H2,1-3H3,(H,26,31)(H,27,32). The Morgan fingerprint density at radius 3 is 2.53 bits per heavy atom. The summed E-state index contributed by atoms with van der Waals surface area (Å²) in [5.41, 5.74) is 1.99. The molecule has 0 unspecified atom stereocenters. The van der Waals surface area contributed by atoms with Gasteiger partial charge in [-0.25, -0.2) is 14.5 Å². The minimum absolute atomic E-state index is 0.234. The van der Waals surface area contributed by atoms with Crippen molar-refractivity contribution in [3.8, 4) is 11.3 Å². The van der Waals surface area contributed by atoms with Gasteiger partial charge in [0.1, 0.15) is 17.9 Å². The number of fused-ring (bicyclic) bond motifs is 1. The molecule has 0 fully saturated rings. The summed E-state index contributed by atoms with van der Waals surface area (Å²) in [7, 11) is 0. The van der Waals surface area contributed by atoms with E-state index in [-0.39, 0.29) is 19.0 Å². The number of hydrogen-bond donors (Lipinski definition) is 2. The number of furan rings is 1. The maximum absolute atomic E-state index is 13.1. The van der Waals surface area contributed by atoms with E-state index in [1.165, 1.54) is 0 Å². The summed E-state index contributed by atoms with van der Waals surface area (Å²) >= 11 is 0. The first kappa shape index (κ1) is 23.0. The summed E-state index contributed by atoms with van der Waals surface area (Å²) in [6, 6.07) is 15.1. The molecule has 4 rings (SSSR count). The molecule has 2 N–H and O–H groups in total. The van der Waals surface area contributed by atoms with Crippen molar-refractivity contribution in [2.75, 3.05) is 13.1 Å². The highest BCUT2D eigenvalue weighted by Crippen LogP contribution is 2.25. The number of amides is 2. The van der Waals surface area contributed by atoms with Crippen LogP contribution in [0.3, 0.4) is 0 Å². The van der Waals surface area contributed by atoms with Crippen LogP contribution in [0.15, 0.2) is 65.4 Å². The van der Waals surface area contributed by atoms with E-state index in [1.54, 1.807) is 44.0 Å². The van der Waals surface area contributed by atoms with E-state index < -0.39 is 11.7 Å². The lowest BCUT2D eigenvalue weighted by Crippen LogP contribution is -2.37. The van der Waals surface area contributed by atoms with Crippen LogP contribution in [0.25, 0.3) is 22.3 Å². The van der Waals surface area contributed by atoms with Gasteiger partial charge in [0.15, 0.2) is 5.65 Å². The molecule has 0 aliphatic rings. The van der Waals surface area contributed by atoms with Gasteiger partial charge < -0.3 is 19.8 Å². The smallest absolute Gasteiger partial charge is 0.407 e. The van der Waals surface area contributed by atoms with Crippen molar-refractivity contribution < 1.29 is 18.7 Å². The lowest BCUT2D eigenvalue weighted by molar-refractivity contribution is 0.0526. The Morgan fingerprint density at radius 2 is 1.82 bits per heavy atom. The van der Waals surface area contributed by atoms with Gasteiger partial charge in [0.05, 0.1) is 29.1 Å². The quantitative estimate of drug-likeness (QED) is 0.403. The molecule has 34 heavy (non-hydrogen) atoms. The molecule has 3 heterocycles. The predicted octanol–water partition coefficient (Wildman–Crippen LogP) is 3.99. The van der Waals surface area contributed by atoms with Crippen LogP contribution in [-0.2, 0) is 11.3 Å². The molecule has 0 saturated heterocycles. The molecule has 0 saturated carbocycles. The average molecular weight is 462 g/mol. The van der Waals surface area contributed by atoms with Gasteiger partial charge in [0, 0.05) is 18.7 Å². The van der Waals surface area contributed by atoms with Gasteiger partial charge in [-0.3, -0.25) is 4.79 Å². The second kappa shape index (κ2) is 9.78. The van der Waals surface area contributed by atoms with E-state index in [4.69, 9.17) is 14.1 Å². The topological polar surface area (TPSA) is 111 Å². The van der Waals surface area contributed by atoms with Crippen LogP contribution in [0.2, 0.25) is 0 Å². The van der Waals surface area contributed by atoms with Crippen molar-refractivity contribution in [1.82, 2.24) is 25.4 Å². The summed E-state index contributed by atoms with van der Waals surface area (Å²) in [6.45, 7) is 6.24. The van der Waals surface area contributed by atoms with E-state index in [0.717, 1.165) is 11.3 Å². The van der Waals surface area contributed by atoms with Gasteiger partial charge in [-0.05, 0) is 39.0 Å². The summed E-state index contributed by atoms with van der Waals surface area (Å²) in [4.78, 5) is 29.7. The molecular weight excluding hydrogens is 434 g/mol. The van der Waals surface area contributed by atoms with Gasteiger partial charge in [-0.15, -0.1) is 0 Å². The van der Waals surface area contributed by atoms with E-state index in [1.807, 2.05) is 42.5 Å². The Labute approximate surface area is 197 Å². The second-order valence-corrected chi connectivity index (χ2v) is 8.72. The molecule has 0 aliphatic carbocycles. The fourth-order valence-electron chi connectivity index (χ4n) is 3.41. The number of alkyl carbamates (subject to hydrolysis) is 1. The van der Waals surface area contributed by atoms with Crippen LogP contribution in [-0.4, -0.2) is 45.5 Å². The molecule has 0 radical (unpaired) electrons. The van der Waals surface area contributed by atoms with E-state index >= 15 is 0 Å². The van der Waals surface area contributed by atoms with Crippen LogP contribution in [0.5, 0.6) is 0 Å². The predicted molar refractivity (Wildman–Crippen MR) is 127 cm³/mol. The second-order valence-electron chi connectivity index (χ2n) is 8.72. The van der Waals surface area contributed by atoms with Gasteiger partial charge >= 0.3 is 6.09 Å². The Morgan fingerprint density at radius 1 is 1.06 bits per heavy atom. The van der Waals surface area contributed by atoms with Gasteiger partial charge in [0.25, 0.3) is 5.91 Å². The number of aromatic nitrogens is 3. The van der Waals surface area contributed by atoms with Crippen molar-refractivity contribution in [3.63, 3.8) is 0 Å². The maximum atomic E-state index is 13.1. The first-order valence-corrected chi connectivity index (χ1v) is 11.0. The first-order chi connectivity index (χ1) is 16.3. The van der Waals surface area contributed by atoms with Crippen LogP contribution >= 0.6 is 0 Å². The van der Waals surface area contributed by atoms with Crippen LogP contribution in [0.1, 0.15) is 36.9 Å². The zero-order valence-corrected chi connectivity index (χ0v) is 19.4. The third-order valence-corrected chi connectivity index (χ3v) is 4.89. The number of nitrogens with one attached hydrogen (secondary N) is 2. The zero-order valence-electron chi connectivity index (χ0n) is 19.4. The van der Waals surface area contributed by atoms with Crippen molar-refractivity contribution in [1.29, 1.82) is 0 Å². The Kier molecular flexibility index (Phi) is 6.62. The molecule has 0 bridgehead atoms. The molecule has 2 amide bonds. The van der Waals surface area contributed by atoms with Crippen molar-refractivity contribution in [2.24, 2.45) is 0 Å². The Balaban J connectivity index is 1.56. The number of benzene rings is 1. The summed E-state index contributed by atoms with van der Waals surface area (Å²) in [6.07, 6.45) is 2.71. The van der Waals surface area contributed by atoms with Crippen LogP contribution < -0.4 is 10.6 Å². The maximum Gasteiger partial charge on any atom is 0.407 e. The number of ether oxygens (including phenoxy) is 1. The van der Waals surface area contributed by atoms with Crippen molar-refractivity contribution in [3.05, 3.63) is 72.3 Å². The van der Waals surface area contributed by atoms with Gasteiger partial charge in [-0.1, -0.05) is 30.3 Å².